The minimum Gasteiger partial charge on any atom is -0.468 e. The molecule has 0 radical (unpaired) electrons. The Balaban J connectivity index is 1.78. The molecule has 28 heavy (non-hydrogen) atoms. The van der Waals surface area contributed by atoms with E-state index in [4.69, 9.17) is 4.42 Å². The van der Waals surface area contributed by atoms with Gasteiger partial charge in [0.05, 0.1) is 28.8 Å². The van der Waals surface area contributed by atoms with Crippen LogP contribution >= 0.6 is 0 Å². The zero-order chi connectivity index (χ0) is 20.0. The first kappa shape index (κ1) is 19.2. The molecule has 2 aromatic heterocycles. The van der Waals surface area contributed by atoms with Crippen LogP contribution in [-0.2, 0) is 16.6 Å². The number of pyridine rings is 1. The maximum Gasteiger partial charge on any atom is 0.295 e. The van der Waals surface area contributed by atoms with Crippen LogP contribution in [0.5, 0.6) is 0 Å². The van der Waals surface area contributed by atoms with Gasteiger partial charge < -0.3 is 4.42 Å². The molecule has 2 heterocycles. The van der Waals surface area contributed by atoms with Crippen LogP contribution in [0, 0.1) is 10.1 Å². The van der Waals surface area contributed by atoms with Crippen LogP contribution in [0.4, 0.5) is 11.4 Å². The van der Waals surface area contributed by atoms with Gasteiger partial charge in [-0.2, -0.15) is 5.10 Å². The Morgan fingerprint density at radius 3 is 2.79 bits per heavy atom. The number of furan rings is 1. The summed E-state index contributed by atoms with van der Waals surface area (Å²) in [5.41, 5.74) is 2.86. The Morgan fingerprint density at radius 2 is 2.11 bits per heavy atom. The standard InChI is InChI=1S/C17H15N5O5S/c23-22(24)17-9-15(28(25,26)20-12-14-4-2-8-27-14)5-6-16(17)21-19-11-13-3-1-7-18-10-13/h1-11,20-21H,12H2/b19-11-. The predicted octanol–water partition coefficient (Wildman–Crippen LogP) is 2.51. The molecule has 0 aliphatic heterocycles. The summed E-state index contributed by atoms with van der Waals surface area (Å²) in [4.78, 5) is 14.3. The van der Waals surface area contributed by atoms with Gasteiger partial charge in [0.15, 0.2) is 0 Å². The van der Waals surface area contributed by atoms with Crippen LogP contribution in [0.25, 0.3) is 0 Å². The predicted molar refractivity (Wildman–Crippen MR) is 101 cm³/mol. The monoisotopic (exact) mass is 401 g/mol. The third kappa shape index (κ3) is 4.78. The molecule has 1 aromatic carbocycles. The fraction of sp³-hybridized carbons (Fsp3) is 0.0588. The lowest BCUT2D eigenvalue weighted by Gasteiger charge is -2.07. The smallest absolute Gasteiger partial charge is 0.295 e. The summed E-state index contributed by atoms with van der Waals surface area (Å²) in [7, 11) is -3.96. The SMILES string of the molecule is O=[N+]([O-])c1cc(S(=O)(=O)NCc2ccco2)ccc1N/N=C\c1cccnc1. The molecule has 0 aliphatic rings. The highest BCUT2D eigenvalue weighted by Crippen LogP contribution is 2.27. The van der Waals surface area contributed by atoms with Gasteiger partial charge in [0.25, 0.3) is 5.69 Å². The Labute approximate surface area is 160 Å². The number of nitrogens with zero attached hydrogens (tertiary/aromatic N) is 3. The molecule has 0 saturated heterocycles. The maximum atomic E-state index is 12.4. The van der Waals surface area contributed by atoms with Crippen molar-refractivity contribution in [2.24, 2.45) is 5.10 Å². The topological polar surface area (TPSA) is 140 Å². The van der Waals surface area contributed by atoms with Crippen LogP contribution in [0.1, 0.15) is 11.3 Å². The van der Waals surface area contributed by atoms with Crippen LogP contribution < -0.4 is 10.1 Å². The average Bonchev–Trinajstić information content (AvgIpc) is 3.21. The summed E-state index contributed by atoms with van der Waals surface area (Å²) in [6.45, 7) is -0.0709. The largest absolute Gasteiger partial charge is 0.468 e. The van der Waals surface area contributed by atoms with Crippen LogP contribution in [0.2, 0.25) is 0 Å². The first-order valence-corrected chi connectivity index (χ1v) is 9.43. The lowest BCUT2D eigenvalue weighted by Crippen LogP contribution is -2.23. The van der Waals surface area contributed by atoms with E-state index in [9.17, 15) is 18.5 Å². The quantitative estimate of drug-likeness (QED) is 0.336. The van der Waals surface area contributed by atoms with E-state index < -0.39 is 20.6 Å². The fourth-order valence-corrected chi connectivity index (χ4v) is 3.23. The molecule has 0 bridgehead atoms. The molecule has 11 heteroatoms. The van der Waals surface area contributed by atoms with Gasteiger partial charge in [0.2, 0.25) is 10.0 Å². The van der Waals surface area contributed by atoms with Gasteiger partial charge in [0, 0.05) is 24.0 Å². The average molecular weight is 401 g/mol. The zero-order valence-electron chi connectivity index (χ0n) is 14.3. The third-order valence-electron chi connectivity index (χ3n) is 3.58. The van der Waals surface area contributed by atoms with Crippen molar-refractivity contribution in [2.45, 2.75) is 11.4 Å². The molecule has 0 atom stereocenters. The molecule has 144 valence electrons. The number of hydrazone groups is 1. The molecular formula is C17H15N5O5S. The van der Waals surface area contributed by atoms with E-state index >= 15 is 0 Å². The van der Waals surface area contributed by atoms with Crippen molar-refractivity contribution in [2.75, 3.05) is 5.43 Å². The normalized spacial score (nSPS) is 11.6. The minimum absolute atomic E-state index is 0.0510. The van der Waals surface area contributed by atoms with E-state index in [1.54, 1.807) is 36.7 Å². The van der Waals surface area contributed by atoms with E-state index in [0.29, 0.717) is 11.3 Å². The molecule has 0 aliphatic carbocycles. The van der Waals surface area contributed by atoms with Crippen molar-refractivity contribution in [3.63, 3.8) is 0 Å². The lowest BCUT2D eigenvalue weighted by atomic mass is 10.3. The van der Waals surface area contributed by atoms with E-state index in [0.717, 1.165) is 6.07 Å². The zero-order valence-corrected chi connectivity index (χ0v) is 15.2. The van der Waals surface area contributed by atoms with Gasteiger partial charge in [-0.3, -0.25) is 20.5 Å². The van der Waals surface area contributed by atoms with Crippen molar-refractivity contribution in [1.82, 2.24) is 9.71 Å². The van der Waals surface area contributed by atoms with Gasteiger partial charge in [0.1, 0.15) is 11.4 Å². The van der Waals surface area contributed by atoms with E-state index in [-0.39, 0.29) is 17.1 Å². The first-order valence-electron chi connectivity index (χ1n) is 7.95. The molecule has 10 nitrogen and oxygen atoms in total. The molecule has 3 rings (SSSR count). The van der Waals surface area contributed by atoms with Crippen molar-refractivity contribution < 1.29 is 17.8 Å². The lowest BCUT2D eigenvalue weighted by molar-refractivity contribution is -0.384. The highest BCUT2D eigenvalue weighted by Gasteiger charge is 2.21. The number of hydrogen-bond acceptors (Lipinski definition) is 8. The molecular weight excluding hydrogens is 386 g/mol. The highest BCUT2D eigenvalue weighted by molar-refractivity contribution is 7.89. The number of benzene rings is 1. The Morgan fingerprint density at radius 1 is 1.25 bits per heavy atom. The number of nitro groups is 1. The van der Waals surface area contributed by atoms with Crippen molar-refractivity contribution in [3.05, 3.63) is 82.6 Å². The van der Waals surface area contributed by atoms with E-state index in [2.05, 4.69) is 20.2 Å². The van der Waals surface area contributed by atoms with Crippen molar-refractivity contribution in [1.29, 1.82) is 0 Å². The van der Waals surface area contributed by atoms with Crippen LogP contribution in [0.3, 0.4) is 0 Å². The fourth-order valence-electron chi connectivity index (χ4n) is 2.22. The second-order valence-corrected chi connectivity index (χ2v) is 7.26. The highest BCUT2D eigenvalue weighted by atomic mass is 32.2. The number of anilines is 1. The number of nitro benzene ring substituents is 1. The van der Waals surface area contributed by atoms with Crippen molar-refractivity contribution >= 4 is 27.6 Å². The van der Waals surface area contributed by atoms with Gasteiger partial charge >= 0.3 is 0 Å². The van der Waals surface area contributed by atoms with Crippen LogP contribution in [0.15, 0.2) is 75.5 Å². The second kappa shape index (κ2) is 8.41. The molecule has 3 aromatic rings. The van der Waals surface area contributed by atoms with Gasteiger partial charge in [-0.05, 0) is 30.3 Å². The molecule has 0 fully saturated rings. The Kier molecular flexibility index (Phi) is 5.77. The minimum atomic E-state index is -3.96. The summed E-state index contributed by atoms with van der Waals surface area (Å²) >= 11 is 0. The number of nitrogens with one attached hydrogen (secondary N) is 2. The van der Waals surface area contributed by atoms with E-state index in [1.165, 1.54) is 24.6 Å². The summed E-state index contributed by atoms with van der Waals surface area (Å²) in [5, 5.41) is 15.3. The Hall–Kier alpha value is -3.57. The molecule has 0 amide bonds. The first-order chi connectivity index (χ1) is 13.5. The number of aromatic nitrogens is 1. The van der Waals surface area contributed by atoms with Crippen molar-refractivity contribution in [3.8, 4) is 0 Å². The number of sulfonamides is 1. The second-order valence-electron chi connectivity index (χ2n) is 5.50. The molecule has 2 N–H and O–H groups in total. The number of hydrogen-bond donors (Lipinski definition) is 2. The van der Waals surface area contributed by atoms with Gasteiger partial charge in [-0.15, -0.1) is 0 Å². The summed E-state index contributed by atoms with van der Waals surface area (Å²) in [5.74, 6) is 0.418. The summed E-state index contributed by atoms with van der Waals surface area (Å²) < 4.78 is 32.1. The van der Waals surface area contributed by atoms with Gasteiger partial charge in [-0.25, -0.2) is 13.1 Å². The summed E-state index contributed by atoms with van der Waals surface area (Å²) in [6, 6.07) is 10.2. The van der Waals surface area contributed by atoms with Gasteiger partial charge in [-0.1, -0.05) is 6.07 Å². The maximum absolute atomic E-state index is 12.4. The Bertz CT molecular complexity index is 1080. The molecule has 0 unspecified atom stereocenters. The van der Waals surface area contributed by atoms with Crippen LogP contribution in [-0.4, -0.2) is 24.5 Å². The number of rotatable bonds is 8. The third-order valence-corrected chi connectivity index (χ3v) is 4.97. The molecule has 0 saturated carbocycles. The van der Waals surface area contributed by atoms with E-state index in [1.807, 2.05) is 0 Å². The summed E-state index contributed by atoms with van der Waals surface area (Å²) in [6.07, 6.45) is 6.03. The molecule has 0 spiro atoms.